The van der Waals surface area contributed by atoms with Crippen LogP contribution in [0.5, 0.6) is 0 Å². The van der Waals surface area contributed by atoms with Crippen molar-refractivity contribution in [1.82, 2.24) is 0 Å². The van der Waals surface area contributed by atoms with Crippen LogP contribution in [0, 0.1) is 29.1 Å². The van der Waals surface area contributed by atoms with E-state index >= 15 is 0 Å². The highest BCUT2D eigenvalue weighted by Crippen LogP contribution is 2.89. The Labute approximate surface area is 327 Å². The molecule has 0 aliphatic heterocycles. The van der Waals surface area contributed by atoms with Gasteiger partial charge in [0.25, 0.3) is 0 Å². The molecule has 6 aromatic rings. The first-order valence-electron chi connectivity index (χ1n) is 21.2. The number of nitrogens with zero attached hydrogens (tertiary/aromatic N) is 1. The van der Waals surface area contributed by atoms with E-state index in [2.05, 4.69) is 172 Å². The van der Waals surface area contributed by atoms with Crippen molar-refractivity contribution in [1.29, 1.82) is 0 Å². The fourth-order valence-corrected chi connectivity index (χ4v) is 14.2. The van der Waals surface area contributed by atoms with Gasteiger partial charge in [0.2, 0.25) is 0 Å². The highest BCUT2D eigenvalue weighted by atomic mass is 15.1. The van der Waals surface area contributed by atoms with E-state index in [0.717, 1.165) is 23.7 Å². The van der Waals surface area contributed by atoms with Gasteiger partial charge in [0.15, 0.2) is 0 Å². The van der Waals surface area contributed by atoms with Gasteiger partial charge in [0.1, 0.15) is 0 Å². The van der Waals surface area contributed by atoms with E-state index in [1.807, 2.05) is 0 Å². The summed E-state index contributed by atoms with van der Waals surface area (Å²) in [5, 5.41) is 0. The van der Waals surface area contributed by atoms with E-state index in [1.165, 1.54) is 100 Å². The summed E-state index contributed by atoms with van der Waals surface area (Å²) in [7, 11) is 0. The molecule has 272 valence electrons. The highest BCUT2D eigenvalue weighted by molar-refractivity contribution is 5.96. The van der Waals surface area contributed by atoms with Gasteiger partial charge in [-0.2, -0.15) is 0 Å². The standard InChI is InChI=1S/C54H51N/c1-51(2)27-28-52(3,4)50-41(18-11-21-45(50)51)37-15-10-16-40(31-37)55(39-25-23-36(24-26-39)35-13-6-5-7-14-35)46-22-12-20-44-49(46)42-17-8-9-19-43(42)54(44)47-30-34-29-38-32-48(54)53(38,47)33-34/h5-26,31,34,38,47-48H,27-30,32-33H2,1-4H3. The van der Waals surface area contributed by atoms with Crippen LogP contribution < -0.4 is 4.90 Å². The van der Waals surface area contributed by atoms with E-state index in [4.69, 9.17) is 0 Å². The highest BCUT2D eigenvalue weighted by Gasteiger charge is 2.84. The molecule has 55 heavy (non-hydrogen) atoms. The minimum Gasteiger partial charge on any atom is -0.310 e. The fourth-order valence-electron chi connectivity index (χ4n) is 14.2. The van der Waals surface area contributed by atoms with Crippen LogP contribution in [0.2, 0.25) is 0 Å². The Kier molecular flexibility index (Phi) is 6.42. The van der Waals surface area contributed by atoms with Crippen LogP contribution in [0.3, 0.4) is 0 Å². The van der Waals surface area contributed by atoms with Crippen LogP contribution >= 0.6 is 0 Å². The lowest BCUT2D eigenvalue weighted by Crippen LogP contribution is -2.73. The number of benzene rings is 6. The van der Waals surface area contributed by atoms with Crippen molar-refractivity contribution < 1.29 is 0 Å². The van der Waals surface area contributed by atoms with Gasteiger partial charge in [-0.25, -0.2) is 0 Å². The SMILES string of the molecule is CC1(C)CCC(C)(C)c2c(-c3cccc(N(c4ccc(-c5ccccc5)cc4)c4cccc5c4-c4ccccc4C54C5CC6CC7CC4C75C6)c3)cccc21. The molecule has 2 bridgehead atoms. The summed E-state index contributed by atoms with van der Waals surface area (Å²) in [5.74, 6) is 3.51. The summed E-state index contributed by atoms with van der Waals surface area (Å²) in [6.07, 6.45) is 8.26. The molecule has 2 spiro atoms. The molecule has 4 fully saturated rings. The summed E-state index contributed by atoms with van der Waals surface area (Å²) in [4.78, 5) is 2.59. The van der Waals surface area contributed by atoms with Gasteiger partial charge in [0, 0.05) is 22.4 Å². The molecule has 6 aliphatic carbocycles. The molecule has 0 amide bonds. The summed E-state index contributed by atoms with van der Waals surface area (Å²) in [6, 6.07) is 53.6. The maximum atomic E-state index is 2.59. The maximum absolute atomic E-state index is 2.59. The van der Waals surface area contributed by atoms with Crippen molar-refractivity contribution in [2.45, 2.75) is 82.5 Å². The average Bonchev–Trinajstić information content (AvgIpc) is 3.85. The van der Waals surface area contributed by atoms with Crippen molar-refractivity contribution >= 4 is 17.1 Å². The summed E-state index contributed by atoms with van der Waals surface area (Å²) < 4.78 is 0. The molecular formula is C54H51N. The lowest BCUT2D eigenvalue weighted by atomic mass is 9.27. The van der Waals surface area contributed by atoms with Gasteiger partial charge in [-0.15, -0.1) is 0 Å². The summed E-state index contributed by atoms with van der Waals surface area (Å²) in [6.45, 7) is 9.79. The Morgan fingerprint density at radius 3 is 2.00 bits per heavy atom. The van der Waals surface area contributed by atoms with Crippen molar-refractivity contribution in [3.63, 3.8) is 0 Å². The smallest absolute Gasteiger partial charge is 0.0543 e. The molecule has 1 nitrogen and oxygen atoms in total. The Morgan fingerprint density at radius 1 is 0.509 bits per heavy atom. The second-order valence-electron chi connectivity index (χ2n) is 19.6. The molecule has 0 N–H and O–H groups in total. The maximum Gasteiger partial charge on any atom is 0.0543 e. The minimum atomic E-state index is 0.114. The van der Waals surface area contributed by atoms with Crippen LogP contribution in [0.4, 0.5) is 17.1 Å². The van der Waals surface area contributed by atoms with Crippen LogP contribution in [-0.2, 0) is 16.2 Å². The van der Waals surface area contributed by atoms with E-state index in [1.54, 1.807) is 11.1 Å². The molecule has 4 saturated carbocycles. The van der Waals surface area contributed by atoms with Crippen LogP contribution in [0.1, 0.15) is 88.5 Å². The average molecular weight is 714 g/mol. The predicted molar refractivity (Wildman–Crippen MR) is 228 cm³/mol. The van der Waals surface area contributed by atoms with E-state index < -0.39 is 0 Å². The van der Waals surface area contributed by atoms with Crippen molar-refractivity contribution in [2.24, 2.45) is 29.1 Å². The zero-order chi connectivity index (χ0) is 36.9. The predicted octanol–water partition coefficient (Wildman–Crippen LogP) is 14.2. The van der Waals surface area contributed by atoms with Gasteiger partial charge >= 0.3 is 0 Å². The van der Waals surface area contributed by atoms with Crippen molar-refractivity contribution in [2.75, 3.05) is 4.90 Å². The third-order valence-electron chi connectivity index (χ3n) is 16.4. The monoisotopic (exact) mass is 713 g/mol. The summed E-state index contributed by atoms with van der Waals surface area (Å²) in [5.41, 5.74) is 19.2. The van der Waals surface area contributed by atoms with Gasteiger partial charge in [-0.1, -0.05) is 137 Å². The van der Waals surface area contributed by atoms with Crippen LogP contribution in [0.15, 0.2) is 140 Å². The first-order chi connectivity index (χ1) is 26.7. The largest absolute Gasteiger partial charge is 0.310 e. The molecule has 12 rings (SSSR count). The molecule has 6 aromatic carbocycles. The Bertz CT molecular complexity index is 2540. The lowest BCUT2D eigenvalue weighted by molar-refractivity contribution is -0.231. The molecule has 0 aromatic heterocycles. The van der Waals surface area contributed by atoms with E-state index in [-0.39, 0.29) is 16.2 Å². The van der Waals surface area contributed by atoms with Gasteiger partial charge in [-0.05, 0) is 159 Å². The van der Waals surface area contributed by atoms with Crippen LogP contribution in [-0.4, -0.2) is 0 Å². The topological polar surface area (TPSA) is 3.24 Å². The third-order valence-corrected chi connectivity index (χ3v) is 16.4. The first kappa shape index (κ1) is 32.4. The number of anilines is 3. The molecular weight excluding hydrogens is 663 g/mol. The molecule has 6 aliphatic rings. The second kappa shape index (κ2) is 10.9. The number of hydrogen-bond donors (Lipinski definition) is 0. The van der Waals surface area contributed by atoms with Crippen molar-refractivity contribution in [3.05, 3.63) is 162 Å². The fraction of sp³-hybridized carbons (Fsp3) is 0.333. The Balaban J connectivity index is 1.06. The third kappa shape index (κ3) is 4.05. The molecule has 0 heterocycles. The van der Waals surface area contributed by atoms with E-state index in [9.17, 15) is 0 Å². The Hall–Kier alpha value is -4.88. The van der Waals surface area contributed by atoms with Crippen molar-refractivity contribution in [3.8, 4) is 33.4 Å². The normalized spacial score (nSPS) is 29.1. The van der Waals surface area contributed by atoms with E-state index in [0.29, 0.717) is 5.41 Å². The van der Waals surface area contributed by atoms with Gasteiger partial charge in [0.05, 0.1) is 5.69 Å². The quantitative estimate of drug-likeness (QED) is 0.172. The number of rotatable bonds is 5. The molecule has 0 radical (unpaired) electrons. The molecule has 1 heteroatoms. The zero-order valence-electron chi connectivity index (χ0n) is 32.8. The van der Waals surface area contributed by atoms with Crippen LogP contribution in [0.25, 0.3) is 33.4 Å². The van der Waals surface area contributed by atoms with Gasteiger partial charge in [-0.3, -0.25) is 0 Å². The zero-order valence-corrected chi connectivity index (χ0v) is 32.8. The van der Waals surface area contributed by atoms with Gasteiger partial charge < -0.3 is 4.90 Å². The molecule has 6 atom stereocenters. The molecule has 0 saturated heterocycles. The lowest BCUT2D eigenvalue weighted by Gasteiger charge is -2.76. The number of hydrogen-bond acceptors (Lipinski definition) is 1. The second-order valence-corrected chi connectivity index (χ2v) is 19.6. The number of fused-ring (bicyclic) bond motifs is 9. The molecule has 6 unspecified atom stereocenters. The summed E-state index contributed by atoms with van der Waals surface area (Å²) >= 11 is 0. The Morgan fingerprint density at radius 2 is 1.16 bits per heavy atom. The minimum absolute atomic E-state index is 0.114. The first-order valence-corrected chi connectivity index (χ1v) is 21.2.